The fraction of sp³-hybridized carbons (Fsp3) is 0.478. The highest BCUT2D eigenvalue weighted by Crippen LogP contribution is 2.32. The van der Waals surface area contributed by atoms with Gasteiger partial charge in [-0.3, -0.25) is 9.59 Å². The number of rotatable bonds is 6. The van der Waals surface area contributed by atoms with Gasteiger partial charge in [-0.1, -0.05) is 6.07 Å². The van der Waals surface area contributed by atoms with Crippen molar-refractivity contribution < 1.29 is 18.0 Å². The molecule has 0 unspecified atom stereocenters. The Labute approximate surface area is 194 Å². The van der Waals surface area contributed by atoms with Gasteiger partial charge in [0.05, 0.1) is 9.77 Å². The van der Waals surface area contributed by atoms with Gasteiger partial charge in [0.25, 0.3) is 5.91 Å². The van der Waals surface area contributed by atoms with E-state index in [4.69, 9.17) is 0 Å². The molecule has 1 N–H and O–H groups in total. The summed E-state index contributed by atoms with van der Waals surface area (Å²) < 4.78 is 28.4. The summed E-state index contributed by atoms with van der Waals surface area (Å²) in [5, 5.41) is 4.58. The van der Waals surface area contributed by atoms with E-state index in [1.807, 2.05) is 40.0 Å². The Morgan fingerprint density at radius 1 is 0.938 bits per heavy atom. The minimum absolute atomic E-state index is 0.0806. The van der Waals surface area contributed by atoms with Crippen molar-refractivity contribution in [3.63, 3.8) is 0 Å². The molecule has 32 heavy (non-hydrogen) atoms. The zero-order valence-electron chi connectivity index (χ0n) is 19.3. The molecule has 2 heterocycles. The van der Waals surface area contributed by atoms with Crippen LogP contribution in [0.5, 0.6) is 0 Å². The number of benzene rings is 1. The van der Waals surface area contributed by atoms with E-state index in [1.165, 1.54) is 15.6 Å². The molecule has 0 spiro atoms. The number of carbonyl (C=O) groups is 2. The highest BCUT2D eigenvalue weighted by atomic mass is 32.2. The van der Waals surface area contributed by atoms with Gasteiger partial charge in [0.15, 0.2) is 0 Å². The Morgan fingerprint density at radius 2 is 1.50 bits per heavy atom. The number of amides is 2. The number of nitrogens with one attached hydrogen (secondary N) is 1. The average molecular weight is 478 g/mol. The second-order valence-corrected chi connectivity index (χ2v) is 11.0. The van der Waals surface area contributed by atoms with Crippen LogP contribution in [0.4, 0.5) is 0 Å². The molecule has 0 radical (unpaired) electrons. The van der Waals surface area contributed by atoms with Crippen molar-refractivity contribution in [2.24, 2.45) is 0 Å². The van der Waals surface area contributed by atoms with Gasteiger partial charge in [-0.15, -0.1) is 11.3 Å². The molecular weight excluding hydrogens is 446 g/mol. The van der Waals surface area contributed by atoms with Crippen LogP contribution < -0.4 is 5.32 Å². The lowest BCUT2D eigenvalue weighted by molar-refractivity contribution is -0.132. The first-order chi connectivity index (χ1) is 15.1. The quantitative estimate of drug-likeness (QED) is 0.693. The Morgan fingerprint density at radius 3 is 2.03 bits per heavy atom. The summed E-state index contributed by atoms with van der Waals surface area (Å²) in [6.45, 7) is 11.2. The first-order valence-electron chi connectivity index (χ1n) is 10.7. The van der Waals surface area contributed by atoms with Crippen LogP contribution in [0.15, 0.2) is 22.4 Å². The van der Waals surface area contributed by atoms with Crippen LogP contribution in [-0.2, 0) is 14.8 Å². The van der Waals surface area contributed by atoms with E-state index >= 15 is 0 Å². The van der Waals surface area contributed by atoms with Crippen LogP contribution in [0, 0.1) is 34.6 Å². The second kappa shape index (κ2) is 9.72. The number of hydrogen-bond acceptors (Lipinski definition) is 5. The molecule has 2 aromatic rings. The Balaban J connectivity index is 1.60. The van der Waals surface area contributed by atoms with Gasteiger partial charge in [-0.2, -0.15) is 4.31 Å². The molecule has 1 aromatic heterocycles. The highest BCUT2D eigenvalue weighted by molar-refractivity contribution is 7.89. The maximum Gasteiger partial charge on any atom is 0.261 e. The summed E-state index contributed by atoms with van der Waals surface area (Å²) >= 11 is 1.35. The molecule has 2 amide bonds. The molecule has 174 valence electrons. The molecule has 0 bridgehead atoms. The predicted molar refractivity (Wildman–Crippen MR) is 127 cm³/mol. The van der Waals surface area contributed by atoms with Crippen molar-refractivity contribution in [1.82, 2.24) is 14.5 Å². The van der Waals surface area contributed by atoms with Gasteiger partial charge in [0.1, 0.15) is 0 Å². The minimum Gasteiger partial charge on any atom is -0.351 e. The predicted octanol–water partition coefficient (Wildman–Crippen LogP) is 2.94. The van der Waals surface area contributed by atoms with Crippen LogP contribution in [0.25, 0.3) is 0 Å². The number of nitrogens with zero attached hydrogens (tertiary/aromatic N) is 2. The van der Waals surface area contributed by atoms with Crippen molar-refractivity contribution in [3.05, 3.63) is 50.2 Å². The van der Waals surface area contributed by atoms with Crippen LogP contribution in [0.2, 0.25) is 0 Å². The standard InChI is InChI=1S/C23H31N3O4S2/c1-15-16(2)18(4)22(19(5)17(15)3)32(29,30)26-12-10-25(11-13-26)21(27)8-9-24-23(28)20-7-6-14-31-20/h6-7,14H,8-13H2,1-5H3,(H,24,28). The van der Waals surface area contributed by atoms with Crippen LogP contribution in [0.3, 0.4) is 0 Å². The summed E-state index contributed by atoms with van der Waals surface area (Å²) in [4.78, 5) is 27.2. The van der Waals surface area contributed by atoms with E-state index in [0.717, 1.165) is 27.8 Å². The fourth-order valence-corrected chi connectivity index (χ4v) is 6.72. The second-order valence-electron chi connectivity index (χ2n) is 8.22. The molecule has 1 aliphatic rings. The molecule has 0 aliphatic carbocycles. The molecule has 1 saturated heterocycles. The Kier molecular flexibility index (Phi) is 7.42. The van der Waals surface area contributed by atoms with Crippen molar-refractivity contribution in [2.75, 3.05) is 32.7 Å². The van der Waals surface area contributed by atoms with Crippen LogP contribution in [0.1, 0.15) is 43.9 Å². The SMILES string of the molecule is Cc1c(C)c(C)c(S(=O)(=O)N2CCN(C(=O)CCNC(=O)c3cccs3)CC2)c(C)c1C. The summed E-state index contributed by atoms with van der Waals surface area (Å²) in [5.41, 5.74) is 4.73. The molecular formula is C23H31N3O4S2. The lowest BCUT2D eigenvalue weighted by atomic mass is 9.95. The Hall–Kier alpha value is -2.23. The number of piperazine rings is 1. The third kappa shape index (κ3) is 4.74. The zero-order chi connectivity index (χ0) is 23.6. The first-order valence-corrected chi connectivity index (χ1v) is 13.0. The van der Waals surface area contributed by atoms with Crippen LogP contribution >= 0.6 is 11.3 Å². The maximum absolute atomic E-state index is 13.5. The van der Waals surface area contributed by atoms with Gasteiger partial charge in [0, 0.05) is 39.1 Å². The van der Waals surface area contributed by atoms with E-state index in [0.29, 0.717) is 22.9 Å². The fourth-order valence-electron chi connectivity index (χ4n) is 4.10. The minimum atomic E-state index is -3.65. The van der Waals surface area contributed by atoms with Gasteiger partial charge >= 0.3 is 0 Å². The summed E-state index contributed by atoms with van der Waals surface area (Å²) in [7, 11) is -3.65. The summed E-state index contributed by atoms with van der Waals surface area (Å²) in [6.07, 6.45) is 0.193. The monoisotopic (exact) mass is 477 g/mol. The van der Waals surface area contributed by atoms with Crippen molar-refractivity contribution in [1.29, 1.82) is 0 Å². The average Bonchev–Trinajstić information content (AvgIpc) is 3.31. The lowest BCUT2D eigenvalue weighted by Gasteiger charge is -2.35. The molecule has 7 nitrogen and oxygen atoms in total. The largest absolute Gasteiger partial charge is 0.351 e. The number of thiophene rings is 1. The lowest BCUT2D eigenvalue weighted by Crippen LogP contribution is -2.51. The van der Waals surface area contributed by atoms with Crippen molar-refractivity contribution >= 4 is 33.2 Å². The summed E-state index contributed by atoms with van der Waals surface area (Å²) in [5.74, 6) is -0.263. The number of sulfonamides is 1. The number of hydrogen-bond donors (Lipinski definition) is 1. The molecule has 1 fully saturated rings. The number of carbonyl (C=O) groups excluding carboxylic acids is 2. The highest BCUT2D eigenvalue weighted by Gasteiger charge is 2.33. The smallest absolute Gasteiger partial charge is 0.261 e. The normalized spacial score (nSPS) is 15.1. The van der Waals surface area contributed by atoms with Gasteiger partial charge in [-0.05, 0) is 73.9 Å². The first kappa shape index (κ1) is 24.4. The van der Waals surface area contributed by atoms with E-state index in [2.05, 4.69) is 5.32 Å². The molecule has 1 aromatic carbocycles. The van der Waals surface area contributed by atoms with E-state index in [9.17, 15) is 18.0 Å². The summed E-state index contributed by atoms with van der Waals surface area (Å²) in [6, 6.07) is 3.54. The maximum atomic E-state index is 13.5. The molecule has 3 rings (SSSR count). The third-order valence-electron chi connectivity index (χ3n) is 6.49. The molecule has 0 atom stereocenters. The van der Waals surface area contributed by atoms with Gasteiger partial charge in [-0.25, -0.2) is 8.42 Å². The zero-order valence-corrected chi connectivity index (χ0v) is 21.0. The van der Waals surface area contributed by atoms with Gasteiger partial charge < -0.3 is 10.2 Å². The van der Waals surface area contributed by atoms with Crippen molar-refractivity contribution in [3.8, 4) is 0 Å². The molecule has 1 aliphatic heterocycles. The topological polar surface area (TPSA) is 86.8 Å². The molecule has 0 saturated carbocycles. The van der Waals surface area contributed by atoms with E-state index in [-0.39, 0.29) is 37.9 Å². The Bertz CT molecular complexity index is 1090. The van der Waals surface area contributed by atoms with E-state index < -0.39 is 10.0 Å². The molecule has 9 heteroatoms. The van der Waals surface area contributed by atoms with E-state index in [1.54, 1.807) is 17.0 Å². The third-order valence-corrected chi connectivity index (χ3v) is 9.53. The van der Waals surface area contributed by atoms with Gasteiger partial charge in [0.2, 0.25) is 15.9 Å². The van der Waals surface area contributed by atoms with Crippen LogP contribution in [-0.4, -0.2) is 62.2 Å². The van der Waals surface area contributed by atoms with Crippen molar-refractivity contribution in [2.45, 2.75) is 45.9 Å².